The summed E-state index contributed by atoms with van der Waals surface area (Å²) < 4.78 is 79.4. The molecule has 6 rings (SSSR count). The van der Waals surface area contributed by atoms with Crippen LogP contribution in [-0.4, -0.2) is 53.0 Å². The van der Waals surface area contributed by atoms with Gasteiger partial charge in [-0.2, -0.15) is 0 Å². The number of nitrogens with one attached hydrogen (secondary N) is 1. The number of hydrogen-bond acceptors (Lipinski definition) is 4. The maximum absolute atomic E-state index is 13.4. The number of aromatic nitrogens is 1. The molecule has 3 aromatic rings. The van der Waals surface area contributed by atoms with Gasteiger partial charge >= 0.3 is 0 Å². The zero-order chi connectivity index (χ0) is 26.7. The van der Waals surface area contributed by atoms with Gasteiger partial charge in [0.25, 0.3) is 0 Å². The van der Waals surface area contributed by atoms with Gasteiger partial charge in [-0.05, 0) is 29.3 Å². The smallest absolute Gasteiger partial charge is 0.245 e. The molecule has 7 nitrogen and oxygen atoms in total. The number of benzene rings is 2. The molecule has 1 fully saturated rings. The molecule has 0 spiro atoms. The van der Waals surface area contributed by atoms with Gasteiger partial charge in [0, 0.05) is 30.1 Å². The van der Waals surface area contributed by atoms with Crippen molar-refractivity contribution in [1.29, 1.82) is 0 Å². The third-order valence-electron chi connectivity index (χ3n) is 5.42. The first-order valence-corrected chi connectivity index (χ1v) is 8.99. The van der Waals surface area contributed by atoms with Crippen LogP contribution in [0, 0.1) is 0 Å². The molecule has 0 saturated carbocycles. The van der Waals surface area contributed by atoms with E-state index < -0.39 is 65.7 Å². The molecule has 2 amide bonds. The van der Waals surface area contributed by atoms with Crippen LogP contribution in [0.3, 0.4) is 0 Å². The molecule has 7 heteroatoms. The third-order valence-corrected chi connectivity index (χ3v) is 5.42. The lowest BCUT2D eigenvalue weighted by molar-refractivity contribution is -0.157. The Morgan fingerprint density at radius 1 is 1.17 bits per heavy atom. The van der Waals surface area contributed by atoms with Crippen molar-refractivity contribution < 1.29 is 30.0 Å². The van der Waals surface area contributed by atoms with Gasteiger partial charge in [-0.1, -0.05) is 24.2 Å². The molecule has 1 saturated heterocycles. The predicted octanol–water partition coefficient (Wildman–Crippen LogP) is 2.21. The van der Waals surface area contributed by atoms with Gasteiger partial charge in [0.1, 0.15) is 6.04 Å². The van der Waals surface area contributed by atoms with Crippen LogP contribution in [0.1, 0.15) is 33.8 Å². The van der Waals surface area contributed by atoms with Crippen LogP contribution in [0.2, 0.25) is 0 Å². The van der Waals surface area contributed by atoms with Crippen LogP contribution < -0.4 is 9.47 Å². The van der Waals surface area contributed by atoms with Crippen LogP contribution in [0.15, 0.2) is 42.3 Å². The van der Waals surface area contributed by atoms with Crippen molar-refractivity contribution in [3.63, 3.8) is 0 Å². The van der Waals surface area contributed by atoms with Gasteiger partial charge in [0.2, 0.25) is 18.6 Å². The monoisotopic (exact) mass is 397 g/mol. The van der Waals surface area contributed by atoms with Crippen LogP contribution >= 0.6 is 0 Å². The Labute approximate surface area is 178 Å². The largest absolute Gasteiger partial charge is 0.454 e. The van der Waals surface area contributed by atoms with Crippen LogP contribution in [0.5, 0.6) is 11.5 Å². The van der Waals surface area contributed by atoms with Gasteiger partial charge in [0.05, 0.1) is 23.5 Å². The van der Waals surface area contributed by atoms with E-state index in [1.54, 1.807) is 0 Å². The maximum atomic E-state index is 13.4. The standard InChI is InChI=1S/C22H19N3O4/c1-24-10-19(26)25-16(22(24)27)9-14-13-4-2-3-5-15(13)23-20(14)21(25)12-6-7-17-18(8-12)29-11-28-17/h2-8,16,21,23H,9-11H2,1H3/t16-,21-/m1/s1/i2D,3D,4D,5D,6D,7D,8D,21D. The highest BCUT2D eigenvalue weighted by Gasteiger charge is 2.47. The van der Waals surface area contributed by atoms with E-state index in [-0.39, 0.29) is 59.5 Å². The topological polar surface area (TPSA) is 74.9 Å². The first-order chi connectivity index (χ1) is 17.4. The molecule has 0 bridgehead atoms. The van der Waals surface area contributed by atoms with E-state index in [9.17, 15) is 11.0 Å². The van der Waals surface area contributed by atoms with Crippen molar-refractivity contribution in [1.82, 2.24) is 14.8 Å². The summed E-state index contributed by atoms with van der Waals surface area (Å²) >= 11 is 0. The second-order valence-electron chi connectivity index (χ2n) is 7.07. The molecule has 0 aliphatic carbocycles. The van der Waals surface area contributed by atoms with E-state index in [0.29, 0.717) is 0 Å². The van der Waals surface area contributed by atoms with E-state index >= 15 is 0 Å². The number of hydrogen-bond donors (Lipinski definition) is 1. The molecule has 3 aliphatic heterocycles. The summed E-state index contributed by atoms with van der Waals surface area (Å²) in [6.45, 7) is -0.651. The van der Waals surface area contributed by atoms with Crippen LogP contribution in [-0.2, 0) is 16.0 Å². The normalized spacial score (nSPS) is 29.2. The highest BCUT2D eigenvalue weighted by molar-refractivity contribution is 5.97. The predicted molar refractivity (Wildman–Crippen MR) is 105 cm³/mol. The van der Waals surface area contributed by atoms with Gasteiger partial charge < -0.3 is 24.3 Å². The van der Waals surface area contributed by atoms with Crippen molar-refractivity contribution in [2.75, 3.05) is 20.4 Å². The fraction of sp³-hybridized carbons (Fsp3) is 0.273. The van der Waals surface area contributed by atoms with Crippen LogP contribution in [0.4, 0.5) is 0 Å². The number of para-hydroxylation sites is 1. The summed E-state index contributed by atoms with van der Waals surface area (Å²) in [5.74, 6) is -1.43. The van der Waals surface area contributed by atoms with Gasteiger partial charge in [0.15, 0.2) is 11.5 Å². The SMILES string of the molecule is [2H]c1c([2H])c([C@]2([2H])c3[nH]c4c([2H])c([2H])c([2H])c([2H])c4c3C[C@@H]3C(=O)N(C)CC(=O)N32)c([2H])c2c1OCO2. The highest BCUT2D eigenvalue weighted by Crippen LogP contribution is 2.44. The number of amides is 2. The quantitative estimate of drug-likeness (QED) is 0.683. The van der Waals surface area contributed by atoms with Crippen molar-refractivity contribution in [3.05, 3.63) is 59.1 Å². The Kier molecular flexibility index (Phi) is 2.05. The van der Waals surface area contributed by atoms with Crippen LogP contribution in [0.25, 0.3) is 10.9 Å². The van der Waals surface area contributed by atoms with E-state index in [1.165, 1.54) is 11.9 Å². The number of nitrogens with zero attached hydrogens (tertiary/aromatic N) is 2. The highest BCUT2D eigenvalue weighted by atomic mass is 16.7. The van der Waals surface area contributed by atoms with E-state index in [0.717, 1.165) is 4.90 Å². The number of rotatable bonds is 1. The van der Waals surface area contributed by atoms with Crippen molar-refractivity contribution in [2.24, 2.45) is 0 Å². The second-order valence-corrected chi connectivity index (χ2v) is 7.07. The summed E-state index contributed by atoms with van der Waals surface area (Å²) in [6.07, 6.45) is -0.147. The zero-order valence-corrected chi connectivity index (χ0v) is 15.2. The molecule has 146 valence electrons. The Hall–Kier alpha value is -3.48. The van der Waals surface area contributed by atoms with Gasteiger partial charge in [-0.25, -0.2) is 0 Å². The minimum Gasteiger partial charge on any atom is -0.454 e. The first-order valence-electron chi connectivity index (χ1n) is 13.0. The number of carbonyl (C=O) groups is 2. The van der Waals surface area contributed by atoms with E-state index in [2.05, 4.69) is 4.98 Å². The molecule has 0 unspecified atom stereocenters. The molecular formula is C22H19N3O4. The molecule has 3 aliphatic rings. The fourth-order valence-corrected chi connectivity index (χ4v) is 4.12. The lowest BCUT2D eigenvalue weighted by atomic mass is 9.86. The Morgan fingerprint density at radius 3 is 2.90 bits per heavy atom. The summed E-state index contributed by atoms with van der Waals surface area (Å²) in [5.41, 5.74) is -0.291. The number of fused-ring (bicyclic) bond motifs is 5. The number of piperazine rings is 1. The molecule has 0 radical (unpaired) electrons. The molecule has 4 heterocycles. The number of H-pyrrole nitrogens is 1. The number of aromatic amines is 1. The second kappa shape index (κ2) is 5.76. The summed E-state index contributed by atoms with van der Waals surface area (Å²) in [4.78, 5) is 31.8. The average molecular weight is 397 g/mol. The number of likely N-dealkylation sites (N-methyl/N-ethyl adjacent to an activating group) is 1. The molecule has 1 aromatic heterocycles. The van der Waals surface area contributed by atoms with Crippen molar-refractivity contribution >= 4 is 22.7 Å². The Bertz CT molecular complexity index is 1590. The van der Waals surface area contributed by atoms with E-state index in [1.807, 2.05) is 0 Å². The average Bonchev–Trinajstić information content (AvgIpc) is 3.49. The minimum atomic E-state index is -2.43. The van der Waals surface area contributed by atoms with Crippen molar-refractivity contribution in [2.45, 2.75) is 18.5 Å². The Balaban J connectivity index is 1.78. The lowest BCUT2D eigenvalue weighted by Gasteiger charge is -2.46. The van der Waals surface area contributed by atoms with Gasteiger partial charge in [-0.3, -0.25) is 9.59 Å². The third kappa shape index (κ3) is 2.24. The molecule has 29 heavy (non-hydrogen) atoms. The number of carbonyl (C=O) groups excluding carboxylic acids is 2. The summed E-state index contributed by atoms with van der Waals surface area (Å²) in [5, 5.41) is 0.0654. The zero-order valence-electron chi connectivity index (χ0n) is 23.2. The van der Waals surface area contributed by atoms with Gasteiger partial charge in [-0.15, -0.1) is 0 Å². The van der Waals surface area contributed by atoms with Crippen molar-refractivity contribution in [3.8, 4) is 11.5 Å². The maximum Gasteiger partial charge on any atom is 0.245 e. The fourth-order valence-electron chi connectivity index (χ4n) is 4.12. The number of ether oxygens (including phenoxy) is 2. The summed E-state index contributed by atoms with van der Waals surface area (Å²) in [7, 11) is 1.44. The molecule has 1 N–H and O–H groups in total. The summed E-state index contributed by atoms with van der Waals surface area (Å²) in [6, 6.07) is -6.95. The minimum absolute atomic E-state index is 0.0226. The molecule has 2 atom stereocenters. The lowest BCUT2D eigenvalue weighted by Crippen LogP contribution is -2.62. The molecule has 2 aromatic carbocycles. The molecular weight excluding hydrogens is 370 g/mol. The Morgan fingerprint density at radius 2 is 2.00 bits per heavy atom. The van der Waals surface area contributed by atoms with E-state index in [4.69, 9.17) is 19.1 Å². The first kappa shape index (κ1) is 10.3.